The van der Waals surface area contributed by atoms with E-state index in [1.165, 1.54) is 24.5 Å². The fraction of sp³-hybridized carbons (Fsp3) is 0.429. The lowest BCUT2D eigenvalue weighted by molar-refractivity contribution is -0.153. The number of hydrogen-bond acceptors (Lipinski definition) is 3. The van der Waals surface area contributed by atoms with E-state index >= 15 is 0 Å². The summed E-state index contributed by atoms with van der Waals surface area (Å²) in [5.41, 5.74) is 8.66. The molecule has 0 saturated carbocycles. The van der Waals surface area contributed by atoms with Crippen molar-refractivity contribution in [1.29, 1.82) is 0 Å². The molecule has 1 aliphatic carbocycles. The number of carbonyl (C=O) groups is 2. The first kappa shape index (κ1) is 12.6. The third-order valence-electron chi connectivity index (χ3n) is 3.22. The summed E-state index contributed by atoms with van der Waals surface area (Å²) in [6, 6.07) is 6.07. The van der Waals surface area contributed by atoms with Crippen LogP contribution >= 0.6 is 0 Å². The number of benzene rings is 1. The maximum absolute atomic E-state index is 11.6. The molecule has 0 saturated heterocycles. The van der Waals surface area contributed by atoms with Crippen LogP contribution in [0.2, 0.25) is 0 Å². The number of carbonyl (C=O) groups excluding carboxylic acids is 2. The van der Waals surface area contributed by atoms with Crippen LogP contribution in [0, 0.1) is 0 Å². The van der Waals surface area contributed by atoms with Gasteiger partial charge >= 0.3 is 5.97 Å². The van der Waals surface area contributed by atoms with Gasteiger partial charge in [0.25, 0.3) is 5.91 Å². The van der Waals surface area contributed by atoms with E-state index in [2.05, 4.69) is 12.1 Å². The second-order valence-corrected chi connectivity index (χ2v) is 4.67. The first-order valence-electron chi connectivity index (χ1n) is 6.16. The zero-order valence-corrected chi connectivity index (χ0v) is 10.4. The second-order valence-electron chi connectivity index (χ2n) is 4.67. The van der Waals surface area contributed by atoms with Gasteiger partial charge < -0.3 is 10.5 Å². The normalized spacial score (nSPS) is 14.9. The van der Waals surface area contributed by atoms with Crippen molar-refractivity contribution in [2.75, 3.05) is 0 Å². The molecule has 0 heterocycles. The third kappa shape index (κ3) is 2.88. The maximum Gasteiger partial charge on any atom is 0.311 e. The lowest BCUT2D eigenvalue weighted by Crippen LogP contribution is -2.30. The Morgan fingerprint density at radius 3 is 2.78 bits per heavy atom. The maximum atomic E-state index is 11.6. The van der Waals surface area contributed by atoms with E-state index in [4.69, 9.17) is 10.5 Å². The third-order valence-corrected chi connectivity index (χ3v) is 3.22. The van der Waals surface area contributed by atoms with Gasteiger partial charge in [0.1, 0.15) is 0 Å². The Labute approximate surface area is 106 Å². The van der Waals surface area contributed by atoms with Gasteiger partial charge in [0.05, 0.1) is 6.42 Å². The van der Waals surface area contributed by atoms with Gasteiger partial charge in [0.2, 0.25) is 0 Å². The van der Waals surface area contributed by atoms with E-state index in [0.717, 1.165) is 18.4 Å². The highest BCUT2D eigenvalue weighted by atomic mass is 16.5. The number of esters is 1. The summed E-state index contributed by atoms with van der Waals surface area (Å²) in [6.07, 6.45) is 2.70. The first-order valence-corrected chi connectivity index (χ1v) is 6.16. The highest BCUT2D eigenvalue weighted by Gasteiger charge is 2.16. The zero-order chi connectivity index (χ0) is 13.1. The molecule has 0 aromatic heterocycles. The summed E-state index contributed by atoms with van der Waals surface area (Å²) in [5, 5.41) is 0. The number of fused-ring (bicyclic) bond motifs is 1. The van der Waals surface area contributed by atoms with Crippen LogP contribution < -0.4 is 5.73 Å². The number of aryl methyl sites for hydroxylation is 2. The number of nitrogens with two attached hydrogens (primary N) is 1. The molecule has 0 aliphatic heterocycles. The van der Waals surface area contributed by atoms with Crippen molar-refractivity contribution in [3.8, 4) is 0 Å². The van der Waals surface area contributed by atoms with Gasteiger partial charge in [-0.25, -0.2) is 0 Å². The fourth-order valence-electron chi connectivity index (χ4n) is 2.20. The van der Waals surface area contributed by atoms with E-state index in [9.17, 15) is 9.59 Å². The molecule has 4 nitrogen and oxygen atoms in total. The highest BCUT2D eigenvalue weighted by molar-refractivity contribution is 5.82. The highest BCUT2D eigenvalue weighted by Crippen LogP contribution is 2.23. The quantitative estimate of drug-likeness (QED) is 0.811. The van der Waals surface area contributed by atoms with Crippen molar-refractivity contribution in [1.82, 2.24) is 0 Å². The number of rotatable bonds is 4. The molecule has 1 aromatic rings. The van der Waals surface area contributed by atoms with Crippen LogP contribution in [0.5, 0.6) is 0 Å². The Hall–Kier alpha value is -1.84. The Morgan fingerprint density at radius 2 is 2.06 bits per heavy atom. The average Bonchev–Trinajstić information content (AvgIpc) is 2.75. The molecule has 1 unspecified atom stereocenters. The van der Waals surface area contributed by atoms with Crippen LogP contribution in [0.4, 0.5) is 0 Å². The van der Waals surface area contributed by atoms with Crippen LogP contribution in [0.1, 0.15) is 30.0 Å². The van der Waals surface area contributed by atoms with Crippen molar-refractivity contribution in [2.24, 2.45) is 5.73 Å². The molecule has 2 rings (SSSR count). The van der Waals surface area contributed by atoms with E-state index in [1.54, 1.807) is 0 Å². The van der Waals surface area contributed by atoms with Crippen LogP contribution in [0.15, 0.2) is 18.2 Å². The minimum Gasteiger partial charge on any atom is -0.452 e. The predicted molar refractivity (Wildman–Crippen MR) is 66.9 cm³/mol. The minimum absolute atomic E-state index is 0.185. The summed E-state index contributed by atoms with van der Waals surface area (Å²) in [5.74, 6) is -1.04. The topological polar surface area (TPSA) is 69.4 Å². The van der Waals surface area contributed by atoms with Crippen LogP contribution in [-0.4, -0.2) is 18.0 Å². The van der Waals surface area contributed by atoms with Crippen molar-refractivity contribution in [3.05, 3.63) is 34.9 Å². The predicted octanol–water partition coefficient (Wildman–Crippen LogP) is 1.13. The summed E-state index contributed by atoms with van der Waals surface area (Å²) in [6.45, 7) is 1.48. The van der Waals surface area contributed by atoms with E-state index in [0.29, 0.717) is 0 Å². The average molecular weight is 247 g/mol. The van der Waals surface area contributed by atoms with Gasteiger partial charge in [-0.3, -0.25) is 9.59 Å². The zero-order valence-electron chi connectivity index (χ0n) is 10.4. The van der Waals surface area contributed by atoms with E-state index < -0.39 is 18.0 Å². The van der Waals surface area contributed by atoms with Gasteiger partial charge in [0, 0.05) is 0 Å². The van der Waals surface area contributed by atoms with Crippen molar-refractivity contribution in [2.45, 2.75) is 38.7 Å². The summed E-state index contributed by atoms with van der Waals surface area (Å²) in [7, 11) is 0. The molecule has 0 bridgehead atoms. The van der Waals surface area contributed by atoms with Gasteiger partial charge in [-0.05, 0) is 42.9 Å². The summed E-state index contributed by atoms with van der Waals surface area (Å²) >= 11 is 0. The molecule has 0 radical (unpaired) electrons. The van der Waals surface area contributed by atoms with Gasteiger partial charge in [0.15, 0.2) is 6.10 Å². The van der Waals surface area contributed by atoms with E-state index in [1.807, 2.05) is 6.07 Å². The Morgan fingerprint density at radius 1 is 1.33 bits per heavy atom. The molecular weight excluding hydrogens is 230 g/mol. The summed E-state index contributed by atoms with van der Waals surface area (Å²) in [4.78, 5) is 22.4. The molecule has 1 atom stereocenters. The molecule has 0 fully saturated rings. The number of amides is 1. The lowest BCUT2D eigenvalue weighted by Gasteiger charge is -2.10. The number of hydrogen-bond donors (Lipinski definition) is 1. The van der Waals surface area contributed by atoms with Gasteiger partial charge in [-0.15, -0.1) is 0 Å². The van der Waals surface area contributed by atoms with Crippen LogP contribution in [0.3, 0.4) is 0 Å². The smallest absolute Gasteiger partial charge is 0.311 e. The second kappa shape index (κ2) is 5.21. The molecule has 2 N–H and O–H groups in total. The Kier molecular flexibility index (Phi) is 3.65. The molecule has 18 heavy (non-hydrogen) atoms. The molecule has 1 amide bonds. The molecule has 1 aromatic carbocycles. The standard InChI is InChI=1S/C14H17NO3/c1-9(14(15)17)18-13(16)8-10-5-6-11-3-2-4-12(11)7-10/h5-7,9H,2-4,8H2,1H3,(H2,15,17). The van der Waals surface area contributed by atoms with Crippen LogP contribution in [0.25, 0.3) is 0 Å². The van der Waals surface area contributed by atoms with Crippen molar-refractivity contribution in [3.63, 3.8) is 0 Å². The molecule has 1 aliphatic rings. The monoisotopic (exact) mass is 247 g/mol. The first-order chi connectivity index (χ1) is 8.56. The van der Waals surface area contributed by atoms with Crippen molar-refractivity contribution >= 4 is 11.9 Å². The summed E-state index contributed by atoms with van der Waals surface area (Å²) < 4.78 is 4.92. The van der Waals surface area contributed by atoms with Gasteiger partial charge in [-0.2, -0.15) is 0 Å². The Bertz CT molecular complexity index is 482. The number of ether oxygens (including phenoxy) is 1. The largest absolute Gasteiger partial charge is 0.452 e. The van der Waals surface area contributed by atoms with Crippen LogP contribution in [-0.2, 0) is 33.6 Å². The van der Waals surface area contributed by atoms with E-state index in [-0.39, 0.29) is 6.42 Å². The molecule has 96 valence electrons. The number of primary amides is 1. The Balaban J connectivity index is 1.97. The van der Waals surface area contributed by atoms with Gasteiger partial charge in [-0.1, -0.05) is 18.2 Å². The lowest BCUT2D eigenvalue weighted by atomic mass is 10.0. The fourth-order valence-corrected chi connectivity index (χ4v) is 2.20. The molecule has 0 spiro atoms. The van der Waals surface area contributed by atoms with Crippen molar-refractivity contribution < 1.29 is 14.3 Å². The molecular formula is C14H17NO3. The minimum atomic E-state index is -0.869. The molecule has 4 heteroatoms. The SMILES string of the molecule is CC(OC(=O)Cc1ccc2c(c1)CCC2)C(N)=O.